The quantitative estimate of drug-likeness (QED) is 0.818. The van der Waals surface area contributed by atoms with Crippen LogP contribution < -0.4 is 5.32 Å². The molecule has 1 aromatic carbocycles. The van der Waals surface area contributed by atoms with Gasteiger partial charge in [-0.05, 0) is 37.5 Å². The highest BCUT2D eigenvalue weighted by Gasteiger charge is 2.26. The number of hydrogen-bond acceptors (Lipinski definition) is 2. The van der Waals surface area contributed by atoms with Crippen LogP contribution in [0.25, 0.3) is 0 Å². The smallest absolute Gasteiger partial charge is 0.317 e. The summed E-state index contributed by atoms with van der Waals surface area (Å²) in [4.78, 5) is 16.1. The van der Waals surface area contributed by atoms with Gasteiger partial charge >= 0.3 is 6.03 Å². The Labute approximate surface area is 138 Å². The number of piperazine rings is 1. The van der Waals surface area contributed by atoms with Gasteiger partial charge in [0, 0.05) is 38.8 Å². The van der Waals surface area contributed by atoms with E-state index in [2.05, 4.69) is 16.8 Å². The fraction of sp³-hybridized carbons (Fsp3) is 0.500. The molecule has 1 unspecified atom stereocenters. The van der Waals surface area contributed by atoms with Crippen LogP contribution in [0.4, 0.5) is 9.18 Å². The monoisotopic (exact) mass is 319 g/mol. The molecule has 1 aromatic rings. The SMILES string of the molecule is C=CCCC(c1ccc(F)cc1)N1CCN(C(=O)NCC)CC1. The molecular weight excluding hydrogens is 293 g/mol. The Morgan fingerprint density at radius 3 is 2.52 bits per heavy atom. The Bertz CT molecular complexity index is 510. The average molecular weight is 319 g/mol. The molecule has 1 aliphatic rings. The Balaban J connectivity index is 2.01. The minimum absolute atomic E-state index is 0.0107. The van der Waals surface area contributed by atoms with Gasteiger partial charge in [0.05, 0.1) is 0 Å². The Kier molecular flexibility index (Phi) is 6.59. The fourth-order valence-corrected chi connectivity index (χ4v) is 3.02. The summed E-state index contributed by atoms with van der Waals surface area (Å²) < 4.78 is 13.2. The van der Waals surface area contributed by atoms with Crippen molar-refractivity contribution >= 4 is 6.03 Å². The number of carbonyl (C=O) groups excluding carboxylic acids is 1. The molecule has 4 nitrogen and oxygen atoms in total. The Morgan fingerprint density at radius 1 is 1.30 bits per heavy atom. The lowest BCUT2D eigenvalue weighted by molar-refractivity contribution is 0.104. The van der Waals surface area contributed by atoms with Crippen molar-refractivity contribution in [3.05, 3.63) is 48.3 Å². The number of carbonyl (C=O) groups is 1. The van der Waals surface area contributed by atoms with Gasteiger partial charge in [0.15, 0.2) is 0 Å². The van der Waals surface area contributed by atoms with Gasteiger partial charge < -0.3 is 10.2 Å². The highest BCUT2D eigenvalue weighted by atomic mass is 19.1. The summed E-state index contributed by atoms with van der Waals surface area (Å²) in [6.45, 7) is 9.47. The highest BCUT2D eigenvalue weighted by molar-refractivity contribution is 5.74. The van der Waals surface area contributed by atoms with Gasteiger partial charge in [0.2, 0.25) is 0 Å². The maximum absolute atomic E-state index is 13.2. The van der Waals surface area contributed by atoms with Crippen LogP contribution in [0.15, 0.2) is 36.9 Å². The number of rotatable bonds is 6. The van der Waals surface area contributed by atoms with Gasteiger partial charge in [0.1, 0.15) is 5.82 Å². The van der Waals surface area contributed by atoms with Crippen LogP contribution in [-0.2, 0) is 0 Å². The molecule has 1 saturated heterocycles. The predicted molar refractivity (Wildman–Crippen MR) is 90.8 cm³/mol. The molecule has 0 saturated carbocycles. The molecule has 5 heteroatoms. The topological polar surface area (TPSA) is 35.6 Å². The average Bonchev–Trinajstić information content (AvgIpc) is 2.57. The third-order valence-corrected chi connectivity index (χ3v) is 4.27. The van der Waals surface area contributed by atoms with E-state index < -0.39 is 0 Å². The van der Waals surface area contributed by atoms with E-state index in [4.69, 9.17) is 0 Å². The molecule has 2 amide bonds. The van der Waals surface area contributed by atoms with E-state index >= 15 is 0 Å². The first kappa shape index (κ1) is 17.5. The molecule has 0 radical (unpaired) electrons. The van der Waals surface area contributed by atoms with Gasteiger partial charge in [-0.3, -0.25) is 4.90 Å². The molecule has 1 fully saturated rings. The van der Waals surface area contributed by atoms with Crippen LogP contribution in [-0.4, -0.2) is 48.6 Å². The Hall–Kier alpha value is -1.88. The summed E-state index contributed by atoms with van der Waals surface area (Å²) in [7, 11) is 0. The molecule has 1 N–H and O–H groups in total. The lowest BCUT2D eigenvalue weighted by Gasteiger charge is -2.39. The molecular formula is C18H26FN3O. The van der Waals surface area contributed by atoms with E-state index in [0.29, 0.717) is 6.54 Å². The number of amides is 2. The van der Waals surface area contributed by atoms with Gasteiger partial charge in [0.25, 0.3) is 0 Å². The van der Waals surface area contributed by atoms with E-state index in [-0.39, 0.29) is 17.9 Å². The number of urea groups is 1. The predicted octanol–water partition coefficient (Wildman–Crippen LogP) is 3.18. The maximum atomic E-state index is 13.2. The lowest BCUT2D eigenvalue weighted by Crippen LogP contribution is -2.52. The van der Waals surface area contributed by atoms with Gasteiger partial charge in [-0.1, -0.05) is 18.2 Å². The summed E-state index contributed by atoms with van der Waals surface area (Å²) >= 11 is 0. The van der Waals surface area contributed by atoms with Crippen LogP contribution in [0.2, 0.25) is 0 Å². The number of halogens is 1. The molecule has 0 bridgehead atoms. The molecule has 1 atom stereocenters. The molecule has 0 aliphatic carbocycles. The zero-order valence-corrected chi connectivity index (χ0v) is 13.8. The number of allylic oxidation sites excluding steroid dienone is 1. The van der Waals surface area contributed by atoms with E-state index in [1.807, 2.05) is 30.0 Å². The van der Waals surface area contributed by atoms with Crippen molar-refractivity contribution in [2.24, 2.45) is 0 Å². The normalized spacial score (nSPS) is 16.9. The lowest BCUT2D eigenvalue weighted by atomic mass is 9.99. The van der Waals surface area contributed by atoms with E-state index in [0.717, 1.165) is 44.6 Å². The number of hydrogen-bond donors (Lipinski definition) is 1. The second-order valence-electron chi connectivity index (χ2n) is 5.79. The number of nitrogens with one attached hydrogen (secondary N) is 1. The van der Waals surface area contributed by atoms with E-state index in [9.17, 15) is 9.18 Å². The summed E-state index contributed by atoms with van der Waals surface area (Å²) in [6.07, 6.45) is 3.79. The molecule has 0 aromatic heterocycles. The van der Waals surface area contributed by atoms with Crippen LogP contribution in [0.3, 0.4) is 0 Å². The minimum atomic E-state index is -0.211. The van der Waals surface area contributed by atoms with Crippen molar-refractivity contribution in [1.29, 1.82) is 0 Å². The maximum Gasteiger partial charge on any atom is 0.317 e. The van der Waals surface area contributed by atoms with Crippen LogP contribution >= 0.6 is 0 Å². The molecule has 2 rings (SSSR count). The summed E-state index contributed by atoms with van der Waals surface area (Å²) in [6, 6.07) is 7.00. The van der Waals surface area contributed by atoms with Crippen LogP contribution in [0.1, 0.15) is 31.4 Å². The minimum Gasteiger partial charge on any atom is -0.338 e. The Morgan fingerprint density at radius 2 is 1.96 bits per heavy atom. The largest absolute Gasteiger partial charge is 0.338 e. The molecule has 1 aliphatic heterocycles. The number of nitrogens with zero attached hydrogens (tertiary/aromatic N) is 2. The highest BCUT2D eigenvalue weighted by Crippen LogP contribution is 2.27. The second kappa shape index (κ2) is 8.67. The first-order valence-electron chi connectivity index (χ1n) is 8.29. The zero-order chi connectivity index (χ0) is 16.7. The van der Waals surface area contributed by atoms with Crippen LogP contribution in [0, 0.1) is 5.82 Å². The molecule has 126 valence electrons. The summed E-state index contributed by atoms with van der Waals surface area (Å²) in [5, 5.41) is 2.85. The van der Waals surface area contributed by atoms with Crippen molar-refractivity contribution in [3.8, 4) is 0 Å². The van der Waals surface area contributed by atoms with Gasteiger partial charge in [-0.15, -0.1) is 6.58 Å². The standard InChI is InChI=1S/C18H26FN3O/c1-3-5-6-17(15-7-9-16(19)10-8-15)21-11-13-22(14-12-21)18(23)20-4-2/h3,7-10,17H,1,4-6,11-14H2,2H3,(H,20,23). The molecule has 1 heterocycles. The first-order valence-corrected chi connectivity index (χ1v) is 8.29. The number of benzene rings is 1. The molecule has 0 spiro atoms. The summed E-state index contributed by atoms with van der Waals surface area (Å²) in [5.74, 6) is -0.211. The molecule has 23 heavy (non-hydrogen) atoms. The third-order valence-electron chi connectivity index (χ3n) is 4.27. The van der Waals surface area contributed by atoms with Gasteiger partial charge in [-0.2, -0.15) is 0 Å². The van der Waals surface area contributed by atoms with E-state index in [1.165, 1.54) is 12.1 Å². The van der Waals surface area contributed by atoms with Crippen molar-refractivity contribution in [3.63, 3.8) is 0 Å². The van der Waals surface area contributed by atoms with E-state index in [1.54, 1.807) is 0 Å². The van der Waals surface area contributed by atoms with Crippen LogP contribution in [0.5, 0.6) is 0 Å². The summed E-state index contributed by atoms with van der Waals surface area (Å²) in [5.41, 5.74) is 1.12. The fourth-order valence-electron chi connectivity index (χ4n) is 3.02. The van der Waals surface area contributed by atoms with Crippen molar-refractivity contribution in [1.82, 2.24) is 15.1 Å². The van der Waals surface area contributed by atoms with Crippen molar-refractivity contribution in [2.75, 3.05) is 32.7 Å². The first-order chi connectivity index (χ1) is 11.2. The second-order valence-corrected chi connectivity index (χ2v) is 5.79. The van der Waals surface area contributed by atoms with Crippen molar-refractivity contribution < 1.29 is 9.18 Å². The van der Waals surface area contributed by atoms with Gasteiger partial charge in [-0.25, -0.2) is 9.18 Å². The zero-order valence-electron chi connectivity index (χ0n) is 13.8. The van der Waals surface area contributed by atoms with Crippen molar-refractivity contribution in [2.45, 2.75) is 25.8 Å². The third kappa shape index (κ3) is 4.79.